The average Bonchev–Trinajstić information content (AvgIpc) is 3.18. The van der Waals surface area contributed by atoms with E-state index >= 15 is 0 Å². The molecule has 2 N–H and O–H groups in total. The first kappa shape index (κ1) is 53.0. The van der Waals surface area contributed by atoms with Crippen molar-refractivity contribution < 1.29 is 188 Å². The number of phosphoric ester groups is 2. The summed E-state index contributed by atoms with van der Waals surface area (Å²) in [5, 5.41) is 23.3. The molecule has 9 unspecified atom stereocenters. The number of aliphatic hydroxyl groups is 2. The van der Waals surface area contributed by atoms with Crippen LogP contribution in [0, 0.1) is 58.2 Å². The Morgan fingerprint density at radius 2 is 1.43 bits per heavy atom. The van der Waals surface area contributed by atoms with Crippen LogP contribution in [-0.4, -0.2) is 73.0 Å². The molecule has 0 aromatic rings. The predicted molar refractivity (Wildman–Crippen MR) is 157 cm³/mol. The van der Waals surface area contributed by atoms with Crippen LogP contribution < -0.4 is 133 Å². The topological polar surface area (TPSA) is 247 Å². The maximum atomic E-state index is 13.0. The van der Waals surface area contributed by atoms with Gasteiger partial charge in [-0.15, -0.1) is 0 Å². The van der Waals surface area contributed by atoms with Gasteiger partial charge in [0.2, 0.25) is 10.4 Å². The van der Waals surface area contributed by atoms with E-state index in [0.29, 0.717) is 19.3 Å². The van der Waals surface area contributed by atoms with Gasteiger partial charge in [0.15, 0.2) is 0 Å². The van der Waals surface area contributed by atoms with Gasteiger partial charge in [-0.2, -0.15) is 0 Å². The quantitative estimate of drug-likeness (QED) is 0.0949. The molecule has 0 amide bonds. The third-order valence-corrected chi connectivity index (χ3v) is 14.9. The fourth-order valence-electron chi connectivity index (χ4n) is 10.9. The van der Waals surface area contributed by atoms with Gasteiger partial charge in [0.05, 0.1) is 44.4 Å². The van der Waals surface area contributed by atoms with Crippen LogP contribution in [0.1, 0.15) is 73.6 Å². The van der Waals surface area contributed by atoms with Gasteiger partial charge in [-0.25, -0.2) is 8.42 Å². The number of hydrogen-bond acceptors (Lipinski definition) is 15. The number of hydrogen-bond donors (Lipinski definition) is 2. The summed E-state index contributed by atoms with van der Waals surface area (Å²) in [5.74, 6) is -3.48. The number of rotatable bonds is 9. The molecular formula is C29H48Na4O15P2S. The molecule has 0 bridgehead atoms. The third kappa shape index (κ3) is 10.5. The first-order valence-corrected chi connectivity index (χ1v) is 20.6. The zero-order valence-electron chi connectivity index (χ0n) is 31.7. The van der Waals surface area contributed by atoms with Crippen molar-refractivity contribution in [2.24, 2.45) is 58.2 Å². The monoisotopic (exact) mass is 822 g/mol. The SMILES string of the molecule is COP(=O)([O-])O[C@@H]1C2OC([C@@H](C)C(C)C)CC(C)C2[C@@]2(C)CCC3[C@H](C12)[C@@H](OP(=O)([O-])[O-])[C@@H](O)C1[C@@H](O)C(OS(=O)(=O)[O-])CC[C@]31C.[Na+].[Na+].[Na+].[Na+]. The molecular weight excluding hydrogens is 774 g/mol. The van der Waals surface area contributed by atoms with Gasteiger partial charge >= 0.3 is 118 Å². The molecule has 1 heterocycles. The molecule has 5 aliphatic rings. The van der Waals surface area contributed by atoms with Gasteiger partial charge in [0.1, 0.15) is 6.10 Å². The van der Waals surface area contributed by atoms with Gasteiger partial charge < -0.3 is 52.3 Å². The summed E-state index contributed by atoms with van der Waals surface area (Å²) in [7, 11) is -15.0. The Morgan fingerprint density at radius 1 is 0.863 bits per heavy atom. The molecule has 5 fully saturated rings. The molecule has 22 heteroatoms. The molecule has 51 heavy (non-hydrogen) atoms. The molecule has 1 aliphatic heterocycles. The second-order valence-corrected chi connectivity index (χ2v) is 19.1. The number of aliphatic hydroxyl groups excluding tert-OH is 2. The van der Waals surface area contributed by atoms with Crippen LogP contribution in [0.5, 0.6) is 0 Å². The Kier molecular flexibility index (Phi) is 19.9. The molecule has 4 saturated carbocycles. The van der Waals surface area contributed by atoms with Crippen molar-refractivity contribution in [3.05, 3.63) is 0 Å². The molecule has 0 radical (unpaired) electrons. The zero-order chi connectivity index (χ0) is 35.2. The Bertz CT molecular complexity index is 1390. The van der Waals surface area contributed by atoms with E-state index in [2.05, 4.69) is 31.9 Å². The Labute approximate surface area is 390 Å². The van der Waals surface area contributed by atoms with Crippen molar-refractivity contribution in [1.82, 2.24) is 0 Å². The third-order valence-electron chi connectivity index (χ3n) is 13.0. The van der Waals surface area contributed by atoms with E-state index in [1.54, 1.807) is 6.92 Å². The molecule has 17 atom stereocenters. The molecule has 4 aliphatic carbocycles. The largest absolute Gasteiger partial charge is 1.00 e. The van der Waals surface area contributed by atoms with Gasteiger partial charge in [0, 0.05) is 13.0 Å². The van der Waals surface area contributed by atoms with Crippen LogP contribution in [-0.2, 0) is 42.0 Å². The van der Waals surface area contributed by atoms with Gasteiger partial charge in [0.25, 0.3) is 7.82 Å². The van der Waals surface area contributed by atoms with E-state index in [-0.39, 0.29) is 161 Å². The van der Waals surface area contributed by atoms with Crippen molar-refractivity contribution in [2.75, 3.05) is 7.11 Å². The summed E-state index contributed by atoms with van der Waals surface area (Å²) in [6, 6.07) is 0. The van der Waals surface area contributed by atoms with Crippen molar-refractivity contribution in [2.45, 2.75) is 116 Å². The van der Waals surface area contributed by atoms with E-state index < -0.39 is 97.2 Å². The standard InChI is InChI=1S/C29H52O15P2S.4Na/c1-13(2)15(4)18-12-14(3)20-26(41-18)27(43-46(35,36)40-7)21-19-16(8-10-29(20,21)6)28(5)11-9-17(44-47(37,38)39)23(30)22(28)24(31)25(19)42-45(32,33)34;;;;/h13-27,30-31H,8-12H2,1-7H3,(H,35,36)(H2,32,33,34)(H,37,38,39);;;;/q;4*+1/p-4/t14?,15-,16?,17?,18?,19+,20?,21?,22?,23-,24-,25+,26?,27-,28+,29+;;;;/m0..../s1. The van der Waals surface area contributed by atoms with Crippen LogP contribution >= 0.6 is 15.6 Å². The number of ether oxygens (including phenoxy) is 1. The van der Waals surface area contributed by atoms with Crippen molar-refractivity contribution in [3.63, 3.8) is 0 Å². The van der Waals surface area contributed by atoms with E-state index in [1.807, 2.05) is 6.92 Å². The first-order chi connectivity index (χ1) is 21.5. The number of fused-ring (bicyclic) bond motifs is 7. The second-order valence-electron chi connectivity index (χ2n) is 15.5. The molecule has 5 rings (SSSR count). The molecule has 0 aromatic heterocycles. The summed E-state index contributed by atoms with van der Waals surface area (Å²) in [4.78, 5) is 37.5. The van der Waals surface area contributed by atoms with Crippen LogP contribution in [0.2, 0.25) is 0 Å². The Morgan fingerprint density at radius 3 is 1.94 bits per heavy atom. The second kappa shape index (κ2) is 19.1. The fraction of sp³-hybridized carbons (Fsp3) is 1.00. The van der Waals surface area contributed by atoms with Crippen LogP contribution in [0.3, 0.4) is 0 Å². The van der Waals surface area contributed by atoms with Crippen LogP contribution in [0.25, 0.3) is 0 Å². The van der Waals surface area contributed by atoms with E-state index in [9.17, 15) is 47.0 Å². The Hall–Kier alpha value is 3.97. The molecule has 1 saturated heterocycles. The van der Waals surface area contributed by atoms with Gasteiger partial charge in [-0.05, 0) is 84.4 Å². The van der Waals surface area contributed by atoms with Gasteiger partial charge in [-0.3, -0.25) is 8.75 Å². The predicted octanol–water partition coefficient (Wildman–Crippen LogP) is -10.9. The molecule has 0 aromatic carbocycles. The zero-order valence-corrected chi connectivity index (χ0v) is 42.3. The molecule has 0 spiro atoms. The Balaban J connectivity index is 0.00000325. The minimum Gasteiger partial charge on any atom is -0.790 e. The minimum absolute atomic E-state index is 0. The maximum Gasteiger partial charge on any atom is 1.00 e. The number of phosphoric acid groups is 2. The van der Waals surface area contributed by atoms with Crippen molar-refractivity contribution in [3.8, 4) is 0 Å². The summed E-state index contributed by atoms with van der Waals surface area (Å²) in [6.45, 7) is 12.1. The van der Waals surface area contributed by atoms with E-state index in [0.717, 1.165) is 7.11 Å². The smallest absolute Gasteiger partial charge is 0.790 e. The summed E-state index contributed by atoms with van der Waals surface area (Å²) in [5.41, 5.74) is -1.74. The minimum atomic E-state index is -5.81. The van der Waals surface area contributed by atoms with E-state index in [4.69, 9.17) is 18.3 Å². The van der Waals surface area contributed by atoms with Crippen molar-refractivity contribution in [1.29, 1.82) is 0 Å². The molecule has 274 valence electrons. The van der Waals surface area contributed by atoms with Crippen LogP contribution in [0.4, 0.5) is 0 Å². The summed E-state index contributed by atoms with van der Waals surface area (Å²) < 4.78 is 86.7. The summed E-state index contributed by atoms with van der Waals surface area (Å²) in [6.07, 6.45) is -7.35. The fourth-order valence-corrected chi connectivity index (χ4v) is 12.6. The maximum absolute atomic E-state index is 13.0. The van der Waals surface area contributed by atoms with E-state index in [1.165, 1.54) is 0 Å². The normalized spacial score (nSPS) is 45.1. The van der Waals surface area contributed by atoms with Crippen LogP contribution in [0.15, 0.2) is 0 Å². The van der Waals surface area contributed by atoms with Gasteiger partial charge in [-0.1, -0.05) is 41.5 Å². The molecule has 15 nitrogen and oxygen atoms in total. The summed E-state index contributed by atoms with van der Waals surface area (Å²) >= 11 is 0. The van der Waals surface area contributed by atoms with Crippen molar-refractivity contribution >= 4 is 26.0 Å². The first-order valence-electron chi connectivity index (χ1n) is 16.4. The average molecular weight is 823 g/mol.